The molecule has 3 aliphatic rings. The first kappa shape index (κ1) is 25.7. The number of thioether (sulfide) groups is 1. The van der Waals surface area contributed by atoms with Gasteiger partial charge in [-0.1, -0.05) is 30.3 Å². The zero-order valence-corrected chi connectivity index (χ0v) is 22.4. The number of anilines is 2. The van der Waals surface area contributed by atoms with Gasteiger partial charge in [-0.25, -0.2) is 0 Å². The highest BCUT2D eigenvalue weighted by atomic mass is 32.2. The van der Waals surface area contributed by atoms with E-state index < -0.39 is 22.6 Å². The monoisotopic (exact) mass is 545 g/mol. The third kappa shape index (κ3) is 4.33. The molecule has 3 aliphatic heterocycles. The molecule has 0 aliphatic carbocycles. The van der Waals surface area contributed by atoms with Crippen LogP contribution in [0.4, 0.5) is 11.4 Å². The summed E-state index contributed by atoms with van der Waals surface area (Å²) >= 11 is 1.60. The molecular weight excluding hydrogens is 514 g/mol. The molecule has 2 unspecified atom stereocenters. The first-order valence-electron chi connectivity index (χ1n) is 13.4. The minimum absolute atomic E-state index is 0.0470. The summed E-state index contributed by atoms with van der Waals surface area (Å²) in [5.41, 5.74) is 1.28. The number of fused-ring (bicyclic) bond motifs is 2. The number of likely N-dealkylation sites (tertiary alicyclic amines) is 1. The maximum atomic E-state index is 13.8. The maximum absolute atomic E-state index is 13.8. The van der Waals surface area contributed by atoms with Gasteiger partial charge in [-0.05, 0) is 66.9 Å². The van der Waals surface area contributed by atoms with Crippen LogP contribution in [-0.2, 0) is 14.4 Å². The van der Waals surface area contributed by atoms with Gasteiger partial charge in [0.15, 0.2) is 0 Å². The molecule has 5 atom stereocenters. The SMILES string of the molecule is CCOc1ccc(NC(=O)[C@@H]2[C@H]3C(=O)N(CCO)C(C(=O)Nc4ccc5ccccc5c4)C34CC[C@H]2S4)cc1. The Hall–Kier alpha value is -3.56. The van der Waals surface area contributed by atoms with Gasteiger partial charge in [0, 0.05) is 23.2 Å². The molecule has 3 aromatic rings. The van der Waals surface area contributed by atoms with Crippen LogP contribution in [0.25, 0.3) is 10.8 Å². The summed E-state index contributed by atoms with van der Waals surface area (Å²) in [6.07, 6.45) is 1.42. The summed E-state index contributed by atoms with van der Waals surface area (Å²) in [6.45, 7) is 2.25. The van der Waals surface area contributed by atoms with Crippen LogP contribution in [0, 0.1) is 11.8 Å². The molecule has 3 saturated heterocycles. The molecule has 8 nitrogen and oxygen atoms in total. The quantitative estimate of drug-likeness (QED) is 0.396. The normalized spacial score (nSPS) is 27.0. The molecule has 0 aromatic heterocycles. The first-order chi connectivity index (χ1) is 18.9. The minimum Gasteiger partial charge on any atom is -0.494 e. The lowest BCUT2D eigenvalue weighted by Crippen LogP contribution is -2.52. The lowest BCUT2D eigenvalue weighted by atomic mass is 9.70. The number of aliphatic hydroxyl groups is 1. The van der Waals surface area contributed by atoms with Crippen molar-refractivity contribution in [3.05, 3.63) is 66.7 Å². The third-order valence-corrected chi connectivity index (χ3v) is 10.1. The van der Waals surface area contributed by atoms with Crippen LogP contribution in [0.3, 0.4) is 0 Å². The van der Waals surface area contributed by atoms with Crippen molar-refractivity contribution in [2.75, 3.05) is 30.4 Å². The van der Waals surface area contributed by atoms with Crippen LogP contribution in [0.5, 0.6) is 5.75 Å². The van der Waals surface area contributed by atoms with E-state index in [-0.39, 0.29) is 36.1 Å². The van der Waals surface area contributed by atoms with Crippen molar-refractivity contribution < 1.29 is 24.2 Å². The van der Waals surface area contributed by atoms with Gasteiger partial charge in [0.25, 0.3) is 0 Å². The van der Waals surface area contributed by atoms with E-state index in [1.54, 1.807) is 36.0 Å². The molecule has 1 spiro atoms. The Labute approximate surface area is 231 Å². The second kappa shape index (κ2) is 10.2. The first-order valence-corrected chi connectivity index (χ1v) is 14.3. The predicted molar refractivity (Wildman–Crippen MR) is 152 cm³/mol. The van der Waals surface area contributed by atoms with Gasteiger partial charge >= 0.3 is 0 Å². The number of β-amino-alcohol motifs (C(OH)–C–C–N with tert-alkyl or cyclic N) is 1. The zero-order valence-electron chi connectivity index (χ0n) is 21.6. The average molecular weight is 546 g/mol. The number of hydrogen-bond acceptors (Lipinski definition) is 6. The summed E-state index contributed by atoms with van der Waals surface area (Å²) in [5, 5.41) is 17.8. The van der Waals surface area contributed by atoms with Crippen molar-refractivity contribution in [1.82, 2.24) is 4.90 Å². The molecule has 3 aromatic carbocycles. The Bertz CT molecular complexity index is 1430. The molecule has 9 heteroatoms. The third-order valence-electron chi connectivity index (χ3n) is 8.14. The number of amides is 3. The van der Waals surface area contributed by atoms with Crippen LogP contribution < -0.4 is 15.4 Å². The highest BCUT2D eigenvalue weighted by Crippen LogP contribution is 2.66. The summed E-state index contributed by atoms with van der Waals surface area (Å²) in [7, 11) is 0. The van der Waals surface area contributed by atoms with Gasteiger partial charge in [0.05, 0.1) is 29.8 Å². The number of nitrogens with zero attached hydrogens (tertiary/aromatic N) is 1. The number of hydrogen-bond donors (Lipinski definition) is 3. The molecular formula is C30H31N3O5S. The molecule has 0 saturated carbocycles. The minimum atomic E-state index is -0.771. The molecule has 3 fully saturated rings. The smallest absolute Gasteiger partial charge is 0.248 e. The van der Waals surface area contributed by atoms with Gasteiger partial charge < -0.3 is 25.4 Å². The number of aliphatic hydroxyl groups excluding tert-OH is 1. The van der Waals surface area contributed by atoms with Crippen LogP contribution in [0.1, 0.15) is 19.8 Å². The Morgan fingerprint density at radius 1 is 1.03 bits per heavy atom. The Morgan fingerprint density at radius 3 is 2.49 bits per heavy atom. The Kier molecular flexibility index (Phi) is 6.72. The zero-order chi connectivity index (χ0) is 27.1. The van der Waals surface area contributed by atoms with Crippen LogP contribution in [-0.4, -0.2) is 63.5 Å². The van der Waals surface area contributed by atoms with E-state index >= 15 is 0 Å². The Morgan fingerprint density at radius 2 is 1.74 bits per heavy atom. The number of carbonyl (C=O) groups excluding carboxylic acids is 3. The van der Waals surface area contributed by atoms with Crippen molar-refractivity contribution in [3.8, 4) is 5.75 Å². The number of ether oxygens (including phenoxy) is 1. The lowest BCUT2D eigenvalue weighted by Gasteiger charge is -2.34. The fourth-order valence-corrected chi connectivity index (χ4v) is 8.83. The summed E-state index contributed by atoms with van der Waals surface area (Å²) in [5.74, 6) is -1.18. The second-order valence-electron chi connectivity index (χ2n) is 10.3. The van der Waals surface area contributed by atoms with Crippen LogP contribution in [0.15, 0.2) is 66.7 Å². The van der Waals surface area contributed by atoms with Crippen molar-refractivity contribution in [3.63, 3.8) is 0 Å². The van der Waals surface area contributed by atoms with Gasteiger partial charge in [-0.15, -0.1) is 11.8 Å². The van der Waals surface area contributed by atoms with Crippen LogP contribution in [0.2, 0.25) is 0 Å². The van der Waals surface area contributed by atoms with E-state index in [1.165, 1.54) is 4.90 Å². The molecule has 202 valence electrons. The maximum Gasteiger partial charge on any atom is 0.248 e. The number of nitrogens with one attached hydrogen (secondary N) is 2. The van der Waals surface area contributed by atoms with E-state index in [2.05, 4.69) is 10.6 Å². The van der Waals surface area contributed by atoms with E-state index in [0.717, 1.165) is 22.9 Å². The van der Waals surface area contributed by atoms with Gasteiger partial charge in [-0.2, -0.15) is 0 Å². The number of carbonyl (C=O) groups is 3. The van der Waals surface area contributed by atoms with Gasteiger partial charge in [-0.3, -0.25) is 14.4 Å². The van der Waals surface area contributed by atoms with Crippen molar-refractivity contribution in [1.29, 1.82) is 0 Å². The van der Waals surface area contributed by atoms with E-state index in [0.29, 0.717) is 24.4 Å². The van der Waals surface area contributed by atoms with E-state index in [4.69, 9.17) is 4.74 Å². The summed E-state index contributed by atoms with van der Waals surface area (Å²) < 4.78 is 4.77. The van der Waals surface area contributed by atoms with E-state index in [1.807, 2.05) is 49.4 Å². The van der Waals surface area contributed by atoms with Crippen molar-refractivity contribution in [2.24, 2.45) is 11.8 Å². The van der Waals surface area contributed by atoms with Gasteiger partial charge in [0.2, 0.25) is 17.7 Å². The average Bonchev–Trinajstić information content (AvgIpc) is 3.57. The Balaban J connectivity index is 1.26. The summed E-state index contributed by atoms with van der Waals surface area (Å²) in [6, 6.07) is 20.0. The number of rotatable bonds is 8. The van der Waals surface area contributed by atoms with Crippen molar-refractivity contribution in [2.45, 2.75) is 35.8 Å². The van der Waals surface area contributed by atoms with Crippen molar-refractivity contribution >= 4 is 51.6 Å². The fourth-order valence-electron chi connectivity index (χ4n) is 6.61. The fraction of sp³-hybridized carbons (Fsp3) is 0.367. The molecule has 6 rings (SSSR count). The summed E-state index contributed by atoms with van der Waals surface area (Å²) in [4.78, 5) is 42.7. The van der Waals surface area contributed by atoms with E-state index in [9.17, 15) is 19.5 Å². The van der Waals surface area contributed by atoms with Crippen LogP contribution >= 0.6 is 11.8 Å². The highest BCUT2D eigenvalue weighted by Gasteiger charge is 2.73. The lowest BCUT2D eigenvalue weighted by molar-refractivity contribution is -0.138. The highest BCUT2D eigenvalue weighted by molar-refractivity contribution is 8.02. The molecule has 0 radical (unpaired) electrons. The number of benzene rings is 3. The molecule has 39 heavy (non-hydrogen) atoms. The predicted octanol–water partition coefficient (Wildman–Crippen LogP) is 3.90. The second-order valence-corrected chi connectivity index (χ2v) is 11.9. The standard InChI is InChI=1S/C30H31N3O5S/c1-2-38-22-11-9-20(10-12-22)31-27(35)24-23-13-14-30(39-23)25(24)29(37)33(15-16-34)26(30)28(36)32-21-8-7-18-5-3-4-6-19(18)17-21/h3-12,17,23-26,34H,2,13-16H2,1H3,(H,31,35)(H,32,36)/t23-,24+,25+,26?,30?/m1/s1. The molecule has 2 bridgehead atoms. The molecule has 3 N–H and O–H groups in total. The molecule has 3 heterocycles. The van der Waals surface area contributed by atoms with Gasteiger partial charge in [0.1, 0.15) is 11.8 Å². The topological polar surface area (TPSA) is 108 Å². The largest absolute Gasteiger partial charge is 0.494 e. The molecule has 3 amide bonds.